The SMILES string of the molecule is CCc1c(-c2ccc(-c3ccccc3)cc2)nc(-c2ccc(-c3ccccc3)cc2)c(C)c1-c1cccc(-c2ccc3c(c2)C2(c4ccccc4-c4ccccc42)c2ccccc2N3c2ccccc2)c1. The quantitative estimate of drug-likeness (QED) is 0.151. The van der Waals surface area contributed by atoms with Crippen molar-refractivity contribution in [3.05, 3.63) is 288 Å². The molecule has 1 aliphatic heterocycles. The molecule has 1 aliphatic carbocycles. The van der Waals surface area contributed by atoms with Crippen LogP contribution < -0.4 is 4.90 Å². The highest BCUT2D eigenvalue weighted by Crippen LogP contribution is 2.63. The highest BCUT2D eigenvalue weighted by atomic mass is 15.2. The van der Waals surface area contributed by atoms with Crippen LogP contribution in [0.25, 0.3) is 78.1 Å². The zero-order valence-corrected chi connectivity index (χ0v) is 39.9. The number of para-hydroxylation sites is 2. The van der Waals surface area contributed by atoms with Gasteiger partial charge >= 0.3 is 0 Å². The Morgan fingerprint density at radius 2 is 0.789 bits per heavy atom. The van der Waals surface area contributed by atoms with Crippen molar-refractivity contribution < 1.29 is 0 Å². The molecule has 0 saturated heterocycles. The van der Waals surface area contributed by atoms with Crippen molar-refractivity contribution in [2.45, 2.75) is 25.7 Å². The van der Waals surface area contributed by atoms with Gasteiger partial charge in [0.1, 0.15) is 0 Å². The van der Waals surface area contributed by atoms with E-state index in [1.165, 1.54) is 100 Å². The Hall–Kier alpha value is -8.85. The van der Waals surface area contributed by atoms with Crippen LogP contribution in [0, 0.1) is 6.92 Å². The van der Waals surface area contributed by atoms with Gasteiger partial charge in [-0.1, -0.05) is 225 Å². The Morgan fingerprint density at radius 3 is 1.39 bits per heavy atom. The molecule has 13 rings (SSSR count). The molecule has 0 bridgehead atoms. The zero-order chi connectivity index (χ0) is 47.5. The van der Waals surface area contributed by atoms with E-state index in [0.717, 1.165) is 34.6 Å². The van der Waals surface area contributed by atoms with E-state index in [0.29, 0.717) is 0 Å². The summed E-state index contributed by atoms with van der Waals surface area (Å²) in [7, 11) is 0. The van der Waals surface area contributed by atoms with Crippen molar-refractivity contribution in [2.75, 3.05) is 4.90 Å². The second-order valence-electron chi connectivity index (χ2n) is 18.9. The summed E-state index contributed by atoms with van der Waals surface area (Å²) in [5.41, 5.74) is 27.0. The number of rotatable bonds is 8. The van der Waals surface area contributed by atoms with Crippen LogP contribution in [-0.2, 0) is 11.8 Å². The highest BCUT2D eigenvalue weighted by Gasteiger charge is 2.51. The number of hydrogen-bond acceptors (Lipinski definition) is 2. The van der Waals surface area contributed by atoms with E-state index in [9.17, 15) is 0 Å². The molecule has 0 amide bonds. The molecule has 10 aromatic carbocycles. The molecule has 0 atom stereocenters. The molecular weight excluding hydrogens is 857 g/mol. The van der Waals surface area contributed by atoms with E-state index < -0.39 is 5.41 Å². The minimum atomic E-state index is -0.537. The maximum absolute atomic E-state index is 5.63. The van der Waals surface area contributed by atoms with Crippen LogP contribution in [0.3, 0.4) is 0 Å². The topological polar surface area (TPSA) is 16.1 Å². The van der Waals surface area contributed by atoms with E-state index in [1.54, 1.807) is 0 Å². The van der Waals surface area contributed by atoms with Gasteiger partial charge in [0.2, 0.25) is 0 Å². The van der Waals surface area contributed by atoms with E-state index in [-0.39, 0.29) is 0 Å². The van der Waals surface area contributed by atoms with Crippen LogP contribution >= 0.6 is 0 Å². The minimum absolute atomic E-state index is 0.537. The first-order valence-electron chi connectivity index (χ1n) is 24.8. The average Bonchev–Trinajstić information content (AvgIpc) is 3.74. The molecule has 2 heterocycles. The number of fused-ring (bicyclic) bond motifs is 9. The van der Waals surface area contributed by atoms with Gasteiger partial charge in [-0.05, 0) is 139 Å². The number of hydrogen-bond donors (Lipinski definition) is 0. The van der Waals surface area contributed by atoms with Gasteiger partial charge in [-0.15, -0.1) is 0 Å². The van der Waals surface area contributed by atoms with Gasteiger partial charge in [0.05, 0.1) is 28.2 Å². The van der Waals surface area contributed by atoms with Crippen LogP contribution in [0.15, 0.2) is 255 Å². The highest BCUT2D eigenvalue weighted by molar-refractivity contribution is 5.97. The third-order valence-corrected chi connectivity index (χ3v) is 15.1. The third kappa shape index (κ3) is 6.82. The van der Waals surface area contributed by atoms with Crippen molar-refractivity contribution in [2.24, 2.45) is 0 Å². The Balaban J connectivity index is 1.01. The smallest absolute Gasteiger partial charge is 0.0754 e. The molecule has 11 aromatic rings. The summed E-state index contributed by atoms with van der Waals surface area (Å²) >= 11 is 0. The van der Waals surface area contributed by atoms with Crippen molar-refractivity contribution in [1.29, 1.82) is 0 Å². The molecule has 2 aliphatic rings. The number of aromatic nitrogens is 1. The molecule has 0 N–H and O–H groups in total. The van der Waals surface area contributed by atoms with Crippen LogP contribution in [0.4, 0.5) is 17.1 Å². The lowest BCUT2D eigenvalue weighted by atomic mass is 9.64. The first-order chi connectivity index (χ1) is 35.1. The minimum Gasteiger partial charge on any atom is -0.310 e. The van der Waals surface area contributed by atoms with Gasteiger partial charge in [0.25, 0.3) is 0 Å². The Kier molecular flexibility index (Phi) is 10.3. The van der Waals surface area contributed by atoms with E-state index in [2.05, 4.69) is 274 Å². The fourth-order valence-electron chi connectivity index (χ4n) is 11.9. The van der Waals surface area contributed by atoms with Crippen LogP contribution in [0.2, 0.25) is 0 Å². The maximum atomic E-state index is 5.63. The van der Waals surface area contributed by atoms with Crippen LogP contribution in [0.5, 0.6) is 0 Å². The molecule has 0 fully saturated rings. The van der Waals surface area contributed by atoms with Crippen LogP contribution in [-0.4, -0.2) is 4.98 Å². The van der Waals surface area contributed by atoms with Gasteiger partial charge in [-0.2, -0.15) is 0 Å². The number of benzene rings is 10. The molecule has 71 heavy (non-hydrogen) atoms. The largest absolute Gasteiger partial charge is 0.310 e. The summed E-state index contributed by atoms with van der Waals surface area (Å²) in [6.07, 6.45) is 0.825. The summed E-state index contributed by atoms with van der Waals surface area (Å²) in [6.45, 7) is 4.54. The van der Waals surface area contributed by atoms with Crippen molar-refractivity contribution >= 4 is 17.1 Å². The lowest BCUT2D eigenvalue weighted by Crippen LogP contribution is -2.36. The molecule has 1 spiro atoms. The summed E-state index contributed by atoms with van der Waals surface area (Å²) in [4.78, 5) is 8.09. The normalized spacial score (nSPS) is 12.8. The van der Waals surface area contributed by atoms with Crippen LogP contribution in [0.1, 0.15) is 40.3 Å². The van der Waals surface area contributed by atoms with Crippen molar-refractivity contribution in [3.8, 4) is 78.1 Å². The molecule has 0 radical (unpaired) electrons. The molecular formula is C69H50N2. The summed E-state index contributed by atoms with van der Waals surface area (Å²) in [5, 5.41) is 0. The third-order valence-electron chi connectivity index (χ3n) is 15.1. The van der Waals surface area contributed by atoms with Crippen molar-refractivity contribution in [1.82, 2.24) is 4.98 Å². The van der Waals surface area contributed by atoms with Crippen molar-refractivity contribution in [3.63, 3.8) is 0 Å². The Bertz CT molecular complexity index is 3730. The van der Waals surface area contributed by atoms with Gasteiger partial charge in [-0.25, -0.2) is 4.98 Å². The first-order valence-corrected chi connectivity index (χ1v) is 24.8. The van der Waals surface area contributed by atoms with E-state index >= 15 is 0 Å². The maximum Gasteiger partial charge on any atom is 0.0754 e. The second-order valence-corrected chi connectivity index (χ2v) is 18.9. The monoisotopic (exact) mass is 906 g/mol. The molecule has 0 unspecified atom stereocenters. The lowest BCUT2D eigenvalue weighted by molar-refractivity contribution is 0.753. The molecule has 2 nitrogen and oxygen atoms in total. The predicted octanol–water partition coefficient (Wildman–Crippen LogP) is 18.1. The predicted molar refractivity (Wildman–Crippen MR) is 297 cm³/mol. The second kappa shape index (κ2) is 17.3. The number of anilines is 3. The fraction of sp³-hybridized carbons (Fsp3) is 0.0580. The Morgan fingerprint density at radius 1 is 0.352 bits per heavy atom. The molecule has 0 saturated carbocycles. The van der Waals surface area contributed by atoms with Gasteiger partial charge in [0, 0.05) is 16.8 Å². The van der Waals surface area contributed by atoms with Gasteiger partial charge in [0.15, 0.2) is 0 Å². The zero-order valence-electron chi connectivity index (χ0n) is 39.9. The van der Waals surface area contributed by atoms with E-state index in [4.69, 9.17) is 4.98 Å². The average molecular weight is 907 g/mol. The Labute approximate surface area is 416 Å². The molecule has 1 aromatic heterocycles. The lowest BCUT2D eigenvalue weighted by Gasteiger charge is -2.45. The summed E-state index contributed by atoms with van der Waals surface area (Å²) in [6, 6.07) is 93.6. The molecule has 336 valence electrons. The summed E-state index contributed by atoms with van der Waals surface area (Å²) in [5.74, 6) is 0. The first kappa shape index (κ1) is 42.3. The fourth-order valence-corrected chi connectivity index (χ4v) is 11.9. The van der Waals surface area contributed by atoms with Gasteiger partial charge < -0.3 is 4.90 Å². The number of nitrogens with zero attached hydrogens (tertiary/aromatic N) is 2. The van der Waals surface area contributed by atoms with Gasteiger partial charge in [-0.3, -0.25) is 0 Å². The molecule has 2 heteroatoms. The van der Waals surface area contributed by atoms with E-state index in [1.807, 2.05) is 0 Å². The number of pyridine rings is 1. The summed E-state index contributed by atoms with van der Waals surface area (Å²) < 4.78 is 0. The standard InChI is InChI=1S/C69H50N2/c1-3-57-66(46(2)67(51-38-34-49(35-39-51)47-20-7-4-8-21-47)70-68(57)52-40-36-50(37-41-52)48-22-9-5-10-23-48)55-25-19-24-53(44-55)54-42-43-65-63(45-54)69(60-30-15-13-28-58(60)59-29-14-16-31-61(59)69)62-32-17-18-33-64(62)71(65)56-26-11-6-12-27-56/h4-45H,3H2,1-2H3.